The fourth-order valence-electron chi connectivity index (χ4n) is 7.51. The number of amides is 1. The van der Waals surface area contributed by atoms with Crippen LogP contribution in [0.1, 0.15) is 75.7 Å². The number of carbonyl (C=O) groups is 1. The van der Waals surface area contributed by atoms with Crippen molar-refractivity contribution in [2.45, 2.75) is 57.5 Å². The first-order valence-electron chi connectivity index (χ1n) is 16.1. The average molecular weight is 678 g/mol. The predicted octanol–water partition coefficient (Wildman–Crippen LogP) is 8.08. The standard InChI is InChI=1S/C36H29ClFN7O2S/c1-18-43-44-35(47-18)29-26(10-6-19-4-7-21(38)8-5-19)41-32-27-3-2-14-45(27)36(46)31(32)30(29)28-15-20-12-13-40-34(33(20)48-28)42-25-11-9-22-23(25)16-39-17-24(22)37/h4-5,7-8,12-13,15-17,25,27H,2-3,6,9-11,14H2,1H3,(H,40,42)/t25?,27-/m1/s1. The van der Waals surface area contributed by atoms with Crippen molar-refractivity contribution in [2.24, 2.45) is 0 Å². The zero-order valence-corrected chi connectivity index (χ0v) is 27.5. The Balaban J connectivity index is 1.21. The summed E-state index contributed by atoms with van der Waals surface area (Å²) >= 11 is 8.05. The van der Waals surface area contributed by atoms with Crippen molar-refractivity contribution in [3.8, 4) is 21.9 Å². The van der Waals surface area contributed by atoms with Crippen molar-refractivity contribution in [1.29, 1.82) is 0 Å². The maximum absolute atomic E-state index is 14.2. The van der Waals surface area contributed by atoms with E-state index in [4.69, 9.17) is 26.0 Å². The zero-order valence-electron chi connectivity index (χ0n) is 26.0. The van der Waals surface area contributed by atoms with Crippen LogP contribution in [0.25, 0.3) is 32.0 Å². The lowest BCUT2D eigenvalue weighted by Gasteiger charge is -2.16. The number of carbonyl (C=O) groups excluding carboxylic acids is 1. The molecule has 1 unspecified atom stereocenters. The van der Waals surface area contributed by atoms with E-state index < -0.39 is 0 Å². The second-order valence-electron chi connectivity index (χ2n) is 12.6. The molecule has 3 aliphatic rings. The minimum Gasteiger partial charge on any atom is -0.421 e. The molecular weight excluding hydrogens is 649 g/mol. The van der Waals surface area contributed by atoms with Gasteiger partial charge >= 0.3 is 0 Å². The number of aryl methyl sites for hydroxylation is 3. The second-order valence-corrected chi connectivity index (χ2v) is 14.1. The third-order valence-electron chi connectivity index (χ3n) is 9.73. The van der Waals surface area contributed by atoms with Crippen LogP contribution in [0, 0.1) is 12.7 Å². The summed E-state index contributed by atoms with van der Waals surface area (Å²) in [6.45, 7) is 2.45. The van der Waals surface area contributed by atoms with Crippen LogP contribution < -0.4 is 5.32 Å². The number of pyridine rings is 3. The first kappa shape index (κ1) is 29.4. The van der Waals surface area contributed by atoms with Gasteiger partial charge in [-0.05, 0) is 84.9 Å². The number of rotatable bonds is 7. The van der Waals surface area contributed by atoms with E-state index >= 15 is 0 Å². The molecule has 1 aliphatic carbocycles. The van der Waals surface area contributed by atoms with E-state index in [9.17, 15) is 9.18 Å². The van der Waals surface area contributed by atoms with Crippen molar-refractivity contribution in [2.75, 3.05) is 11.9 Å². The summed E-state index contributed by atoms with van der Waals surface area (Å²) in [4.78, 5) is 31.4. The van der Waals surface area contributed by atoms with Crippen molar-refractivity contribution in [3.05, 3.63) is 105 Å². The van der Waals surface area contributed by atoms with Crippen LogP contribution in [-0.4, -0.2) is 42.5 Å². The Kier molecular flexibility index (Phi) is 7.01. The molecule has 48 heavy (non-hydrogen) atoms. The van der Waals surface area contributed by atoms with Crippen LogP contribution in [0.5, 0.6) is 0 Å². The topological polar surface area (TPSA) is 110 Å². The zero-order chi connectivity index (χ0) is 32.5. The highest BCUT2D eigenvalue weighted by Gasteiger charge is 2.45. The molecule has 1 amide bonds. The van der Waals surface area contributed by atoms with Gasteiger partial charge in [0.15, 0.2) is 0 Å². The van der Waals surface area contributed by atoms with Crippen LogP contribution in [0.2, 0.25) is 5.02 Å². The molecule has 2 aliphatic heterocycles. The van der Waals surface area contributed by atoms with Crippen LogP contribution in [0.4, 0.5) is 10.2 Å². The number of anilines is 1. The molecule has 12 heteroatoms. The van der Waals surface area contributed by atoms with Crippen LogP contribution in [-0.2, 0) is 19.3 Å². The number of thiophene rings is 1. The van der Waals surface area contributed by atoms with Gasteiger partial charge in [-0.25, -0.2) is 9.37 Å². The first-order valence-corrected chi connectivity index (χ1v) is 17.3. The molecule has 9 rings (SSSR count). The molecule has 9 nitrogen and oxygen atoms in total. The molecule has 1 saturated heterocycles. The number of benzene rings is 1. The fourth-order valence-corrected chi connectivity index (χ4v) is 8.93. The third-order valence-corrected chi connectivity index (χ3v) is 11.2. The SMILES string of the molecule is Cc1nnc(-c2c(CCc3ccc(F)cc3)nc3c(c2-c2cc4ccnc(NC5CCc6c(Cl)cncc65)c4s2)C(=O)N2CCC[C@H]32)o1. The summed E-state index contributed by atoms with van der Waals surface area (Å²) in [6.07, 6.45) is 10.1. The normalized spacial score (nSPS) is 18.1. The number of nitrogens with zero attached hydrogens (tertiary/aromatic N) is 6. The van der Waals surface area contributed by atoms with E-state index in [-0.39, 0.29) is 23.8 Å². The monoisotopic (exact) mass is 677 g/mol. The molecule has 1 fully saturated rings. The van der Waals surface area contributed by atoms with Gasteiger partial charge in [-0.2, -0.15) is 0 Å². The molecular formula is C36H29ClFN7O2S. The molecule has 0 saturated carbocycles. The molecule has 1 aromatic carbocycles. The maximum atomic E-state index is 14.2. The van der Waals surface area contributed by atoms with Crippen molar-refractivity contribution < 1.29 is 13.6 Å². The summed E-state index contributed by atoms with van der Waals surface area (Å²) in [5, 5.41) is 14.0. The third kappa shape index (κ3) is 4.78. The van der Waals surface area contributed by atoms with Gasteiger partial charge < -0.3 is 14.6 Å². The van der Waals surface area contributed by atoms with E-state index in [1.165, 1.54) is 12.1 Å². The Morgan fingerprint density at radius 3 is 2.79 bits per heavy atom. The molecule has 7 heterocycles. The smallest absolute Gasteiger partial charge is 0.257 e. The Labute approximate surface area is 284 Å². The highest BCUT2D eigenvalue weighted by molar-refractivity contribution is 7.23. The highest BCUT2D eigenvalue weighted by Crippen LogP contribution is 2.50. The Morgan fingerprint density at radius 1 is 1.08 bits per heavy atom. The number of hydrogen-bond donors (Lipinski definition) is 1. The van der Waals surface area contributed by atoms with Gasteiger partial charge in [0.2, 0.25) is 11.8 Å². The highest BCUT2D eigenvalue weighted by atomic mass is 35.5. The first-order chi connectivity index (χ1) is 23.4. The summed E-state index contributed by atoms with van der Waals surface area (Å²) in [6, 6.07) is 10.6. The summed E-state index contributed by atoms with van der Waals surface area (Å²) < 4.78 is 20.8. The van der Waals surface area contributed by atoms with E-state index in [1.807, 2.05) is 23.4 Å². The average Bonchev–Trinajstić information content (AvgIpc) is 3.92. The number of halogens is 2. The summed E-state index contributed by atoms with van der Waals surface area (Å²) in [7, 11) is 0. The van der Waals surface area contributed by atoms with E-state index in [2.05, 4.69) is 26.6 Å². The summed E-state index contributed by atoms with van der Waals surface area (Å²) in [5.41, 5.74) is 6.84. The van der Waals surface area contributed by atoms with E-state index in [0.29, 0.717) is 47.3 Å². The van der Waals surface area contributed by atoms with Crippen molar-refractivity contribution in [3.63, 3.8) is 0 Å². The largest absolute Gasteiger partial charge is 0.421 e. The van der Waals surface area contributed by atoms with Gasteiger partial charge in [0.05, 0.1) is 44.3 Å². The molecule has 1 N–H and O–H groups in total. The predicted molar refractivity (Wildman–Crippen MR) is 182 cm³/mol. The van der Waals surface area contributed by atoms with E-state index in [1.54, 1.807) is 36.6 Å². The van der Waals surface area contributed by atoms with Gasteiger partial charge in [-0.15, -0.1) is 21.5 Å². The van der Waals surface area contributed by atoms with Crippen molar-refractivity contribution >= 4 is 44.7 Å². The minimum absolute atomic E-state index is 0.0153. The number of nitrogens with one attached hydrogen (secondary N) is 1. The lowest BCUT2D eigenvalue weighted by atomic mass is 9.93. The van der Waals surface area contributed by atoms with Crippen LogP contribution in [0.15, 0.2) is 59.4 Å². The Bertz CT molecular complexity index is 2250. The molecule has 6 aromatic rings. The van der Waals surface area contributed by atoms with Crippen molar-refractivity contribution in [1.82, 2.24) is 30.0 Å². The molecule has 0 bridgehead atoms. The van der Waals surface area contributed by atoms with E-state index in [0.717, 1.165) is 80.1 Å². The van der Waals surface area contributed by atoms with Crippen LogP contribution >= 0.6 is 22.9 Å². The Morgan fingerprint density at radius 2 is 1.96 bits per heavy atom. The molecule has 5 aromatic heterocycles. The van der Waals surface area contributed by atoms with Crippen LogP contribution in [0.3, 0.4) is 0 Å². The maximum Gasteiger partial charge on any atom is 0.257 e. The van der Waals surface area contributed by atoms with Gasteiger partial charge in [0, 0.05) is 42.5 Å². The number of hydrogen-bond acceptors (Lipinski definition) is 9. The number of fused-ring (bicyclic) bond motifs is 5. The van der Waals surface area contributed by atoms with Gasteiger partial charge in [0.25, 0.3) is 5.91 Å². The van der Waals surface area contributed by atoms with Gasteiger partial charge in [-0.1, -0.05) is 23.7 Å². The minimum atomic E-state index is -0.274. The molecule has 0 radical (unpaired) electrons. The summed E-state index contributed by atoms with van der Waals surface area (Å²) in [5.74, 6) is 1.23. The Hall–Kier alpha value is -4.74. The van der Waals surface area contributed by atoms with Gasteiger partial charge in [0.1, 0.15) is 11.6 Å². The lowest BCUT2D eigenvalue weighted by Crippen LogP contribution is -2.22. The fraction of sp³-hybridized carbons (Fsp3) is 0.278. The molecule has 2 atom stereocenters. The number of aromatic nitrogens is 5. The quantitative estimate of drug-likeness (QED) is 0.181. The molecule has 240 valence electrons. The van der Waals surface area contributed by atoms with Gasteiger partial charge in [-0.3, -0.25) is 14.8 Å². The molecule has 0 spiro atoms. The second kappa shape index (κ2) is 11.5. The lowest BCUT2D eigenvalue weighted by molar-refractivity contribution is 0.0776.